The van der Waals surface area contributed by atoms with Crippen LogP contribution in [0.1, 0.15) is 303 Å². The predicted octanol–water partition coefficient (Wildman–Crippen LogP) is 20.7. The molecule has 0 saturated heterocycles. The largest absolute Gasteiger partial charge is 0.756 e. The minimum Gasteiger partial charge on any atom is -0.756 e. The third-order valence-corrected chi connectivity index (χ3v) is 15.8. The number of hydrogen-bond acceptors (Lipinski definition) is 7. The van der Waals surface area contributed by atoms with E-state index in [1.54, 1.807) is 0 Å². The summed E-state index contributed by atoms with van der Waals surface area (Å²) in [4.78, 5) is 40.1. The normalized spacial score (nSPS) is 14.1. The van der Waals surface area contributed by atoms with Gasteiger partial charge in [-0.3, -0.25) is 14.2 Å². The molecule has 0 aromatic rings. The van der Waals surface area contributed by atoms with Gasteiger partial charge in [-0.15, -0.1) is 0 Å². The Hall–Kier alpha value is -2.81. The molecule has 10 heteroatoms. The first-order valence-electron chi connectivity index (χ1n) is 33.9. The summed E-state index contributed by atoms with van der Waals surface area (Å²) >= 11 is 0. The van der Waals surface area contributed by atoms with Gasteiger partial charge < -0.3 is 28.5 Å². The highest BCUT2D eigenvalue weighted by Crippen LogP contribution is 2.38. The van der Waals surface area contributed by atoms with Gasteiger partial charge in [-0.05, 0) is 102 Å². The summed E-state index contributed by atoms with van der Waals surface area (Å²) < 4.78 is 30.4. The maximum absolute atomic E-state index is 13.6. The lowest BCUT2D eigenvalue weighted by molar-refractivity contribution is -0.870. The number of nitrogens with one attached hydrogen (secondary N) is 1. The maximum Gasteiger partial charge on any atom is 0.306 e. The molecule has 81 heavy (non-hydrogen) atoms. The van der Waals surface area contributed by atoms with Gasteiger partial charge in [0.25, 0.3) is 7.82 Å². The van der Waals surface area contributed by atoms with Crippen molar-refractivity contribution in [2.45, 2.75) is 315 Å². The van der Waals surface area contributed by atoms with Gasteiger partial charge in [-0.2, -0.15) is 0 Å². The maximum atomic E-state index is 13.6. The van der Waals surface area contributed by atoms with Gasteiger partial charge in [0.1, 0.15) is 19.3 Å². The highest BCUT2D eigenvalue weighted by atomic mass is 31.2. The zero-order chi connectivity index (χ0) is 59.3. The average Bonchev–Trinajstić information content (AvgIpc) is 3.43. The third kappa shape index (κ3) is 61.6. The minimum atomic E-state index is -4.71. The van der Waals surface area contributed by atoms with Crippen molar-refractivity contribution in [1.29, 1.82) is 0 Å². The standard InChI is InChI=1S/C71H129N2O7P/c1-7-10-13-16-19-22-25-27-29-31-33-35-36-38-39-41-43-45-48-51-54-57-60-63-70(74)72-68(67-79-81(76,77)78-66-65-73(4,5)6)69(62-59-56-53-50-47-24-21-18-15-12-9-3)80-71(75)64-61-58-55-52-49-46-44-42-40-37-34-32-30-28-26-23-20-17-14-11-8-2/h10,13,19,22,27-30,33,35,38-39,59,62,68-69H,7-9,11-12,14-18,20-21,23-26,31-32,34,36-37,40-58,60-61,63-67H2,1-6H3,(H-,72,74,76,77)/b13-10-,22-19-,29-27-,30-28+,35-33-,39-38-,62-59+. The zero-order valence-corrected chi connectivity index (χ0v) is 54.6. The first-order valence-corrected chi connectivity index (χ1v) is 35.4. The molecule has 0 fully saturated rings. The summed E-state index contributed by atoms with van der Waals surface area (Å²) in [5.74, 6) is -0.551. The Morgan fingerprint density at radius 2 is 0.790 bits per heavy atom. The van der Waals surface area contributed by atoms with E-state index in [0.29, 0.717) is 17.4 Å². The molecule has 0 aliphatic heterocycles. The second kappa shape index (κ2) is 60.3. The smallest absolute Gasteiger partial charge is 0.306 e. The molecule has 9 nitrogen and oxygen atoms in total. The average molecular weight is 1150 g/mol. The first-order chi connectivity index (χ1) is 39.4. The molecule has 0 aromatic carbocycles. The van der Waals surface area contributed by atoms with Crippen molar-refractivity contribution >= 4 is 19.7 Å². The second-order valence-corrected chi connectivity index (χ2v) is 25.4. The molecular formula is C71H129N2O7P. The van der Waals surface area contributed by atoms with E-state index in [1.165, 1.54) is 167 Å². The molecule has 0 aliphatic rings. The number of hydrogen-bond donors (Lipinski definition) is 1. The summed E-state index contributed by atoms with van der Waals surface area (Å²) in [5.41, 5.74) is 0. The van der Waals surface area contributed by atoms with Crippen LogP contribution < -0.4 is 10.2 Å². The van der Waals surface area contributed by atoms with E-state index in [-0.39, 0.29) is 24.9 Å². The molecule has 0 bridgehead atoms. The van der Waals surface area contributed by atoms with Crippen molar-refractivity contribution in [1.82, 2.24) is 5.32 Å². The van der Waals surface area contributed by atoms with E-state index < -0.39 is 26.6 Å². The van der Waals surface area contributed by atoms with Gasteiger partial charge in [0.15, 0.2) is 0 Å². The number of phosphoric ester groups is 1. The Bertz CT molecular complexity index is 1660. The fraction of sp³-hybridized carbons (Fsp3) is 0.775. The lowest BCUT2D eigenvalue weighted by Gasteiger charge is -2.30. The van der Waals surface area contributed by atoms with Crippen molar-refractivity contribution in [2.24, 2.45) is 0 Å². The number of unbranched alkanes of at least 4 members (excludes halogenated alkanes) is 33. The van der Waals surface area contributed by atoms with Crippen molar-refractivity contribution in [2.75, 3.05) is 40.9 Å². The number of rotatable bonds is 61. The predicted molar refractivity (Wildman–Crippen MR) is 348 cm³/mol. The fourth-order valence-corrected chi connectivity index (χ4v) is 10.3. The Balaban J connectivity index is 5.12. The first kappa shape index (κ1) is 78.2. The number of quaternary nitrogens is 1. The molecule has 470 valence electrons. The minimum absolute atomic E-state index is 0.0274. The Morgan fingerprint density at radius 1 is 0.444 bits per heavy atom. The topological polar surface area (TPSA) is 114 Å². The quantitative estimate of drug-likeness (QED) is 0.0212. The lowest BCUT2D eigenvalue weighted by Crippen LogP contribution is -2.47. The summed E-state index contributed by atoms with van der Waals surface area (Å²) in [6.07, 6.45) is 79.8. The van der Waals surface area contributed by atoms with Crippen LogP contribution in [0.25, 0.3) is 0 Å². The molecule has 1 N–H and O–H groups in total. The van der Waals surface area contributed by atoms with Crippen molar-refractivity contribution in [3.63, 3.8) is 0 Å². The number of phosphoric acid groups is 1. The van der Waals surface area contributed by atoms with Crippen LogP contribution in [0.4, 0.5) is 0 Å². The van der Waals surface area contributed by atoms with E-state index in [9.17, 15) is 19.0 Å². The van der Waals surface area contributed by atoms with Gasteiger partial charge in [-0.25, -0.2) is 0 Å². The van der Waals surface area contributed by atoms with E-state index in [2.05, 4.69) is 99.0 Å². The summed E-state index contributed by atoms with van der Waals surface area (Å²) in [7, 11) is 1.17. The van der Waals surface area contributed by atoms with Gasteiger partial charge >= 0.3 is 5.97 Å². The van der Waals surface area contributed by atoms with Crippen LogP contribution in [-0.2, 0) is 27.9 Å². The number of carbonyl (C=O) groups is 2. The highest BCUT2D eigenvalue weighted by molar-refractivity contribution is 7.45. The molecule has 0 saturated carbocycles. The number of esters is 1. The van der Waals surface area contributed by atoms with E-state index in [4.69, 9.17) is 13.8 Å². The fourth-order valence-electron chi connectivity index (χ4n) is 9.60. The van der Waals surface area contributed by atoms with Crippen LogP contribution in [-0.4, -0.2) is 69.4 Å². The monoisotopic (exact) mass is 1150 g/mol. The summed E-state index contributed by atoms with van der Waals surface area (Å²) in [6, 6.07) is -0.899. The van der Waals surface area contributed by atoms with Gasteiger partial charge in [-0.1, -0.05) is 273 Å². The number of allylic oxidation sites excluding steroid dienone is 13. The SMILES string of the molecule is CC/C=C\C/C=C\C/C=C\C/C=C\C/C=C\CCCCCCCCCC(=O)NC(COP(=O)([O-])OCC[N+](C)(C)C)C(/C=C/CCCCCCCCCCC)OC(=O)CCCCCCCCCCCCC/C=C/CCCCCCCC. The van der Waals surface area contributed by atoms with E-state index in [1.807, 2.05) is 33.3 Å². The van der Waals surface area contributed by atoms with Crippen LogP contribution >= 0.6 is 7.82 Å². The van der Waals surface area contributed by atoms with Crippen molar-refractivity contribution in [3.8, 4) is 0 Å². The van der Waals surface area contributed by atoms with Crippen LogP contribution in [0.5, 0.6) is 0 Å². The number of likely N-dealkylation sites (N-methyl/N-ethyl adjacent to an activating group) is 1. The molecule has 0 rings (SSSR count). The van der Waals surface area contributed by atoms with Gasteiger partial charge in [0.05, 0.1) is 33.8 Å². The zero-order valence-electron chi connectivity index (χ0n) is 53.7. The van der Waals surface area contributed by atoms with Gasteiger partial charge in [0, 0.05) is 12.8 Å². The number of nitrogens with zero attached hydrogens (tertiary/aromatic N) is 1. The number of carbonyl (C=O) groups excluding carboxylic acids is 2. The number of ether oxygens (including phenoxy) is 1. The lowest BCUT2D eigenvalue weighted by atomic mass is 10.0. The third-order valence-electron chi connectivity index (χ3n) is 14.8. The Morgan fingerprint density at radius 3 is 1.20 bits per heavy atom. The molecule has 0 aromatic heterocycles. The van der Waals surface area contributed by atoms with Crippen LogP contribution in [0.15, 0.2) is 85.1 Å². The Kier molecular flexibility index (Phi) is 58.2. The van der Waals surface area contributed by atoms with E-state index in [0.717, 1.165) is 103 Å². The summed E-state index contributed by atoms with van der Waals surface area (Å²) in [6.45, 7) is 6.73. The van der Waals surface area contributed by atoms with Crippen LogP contribution in [0.3, 0.4) is 0 Å². The Labute approximate surface area is 501 Å². The molecule has 0 heterocycles. The molecular weight excluding hydrogens is 1020 g/mol. The number of amides is 1. The van der Waals surface area contributed by atoms with Crippen molar-refractivity contribution in [3.05, 3.63) is 85.1 Å². The van der Waals surface area contributed by atoms with Crippen LogP contribution in [0.2, 0.25) is 0 Å². The summed E-state index contributed by atoms with van der Waals surface area (Å²) in [5, 5.41) is 3.03. The molecule has 0 aliphatic carbocycles. The van der Waals surface area contributed by atoms with E-state index >= 15 is 0 Å². The molecule has 0 radical (unpaired) electrons. The molecule has 1 amide bonds. The second-order valence-electron chi connectivity index (χ2n) is 23.9. The van der Waals surface area contributed by atoms with Gasteiger partial charge in [0.2, 0.25) is 5.91 Å². The van der Waals surface area contributed by atoms with Crippen molar-refractivity contribution < 1.29 is 37.3 Å². The highest BCUT2D eigenvalue weighted by Gasteiger charge is 2.27. The van der Waals surface area contributed by atoms with Crippen LogP contribution in [0, 0.1) is 0 Å². The molecule has 0 spiro atoms. The molecule has 3 atom stereocenters. The molecule has 3 unspecified atom stereocenters.